The second-order valence-corrected chi connectivity index (χ2v) is 5.12. The number of hydrogen-bond donors (Lipinski definition) is 1. The number of hydrogen-bond acceptors (Lipinski definition) is 4. The van der Waals surface area contributed by atoms with E-state index in [4.69, 9.17) is 0 Å². The van der Waals surface area contributed by atoms with Crippen molar-refractivity contribution in [2.45, 2.75) is 25.9 Å². The molecule has 2 rings (SSSR count). The molecule has 2 amide bonds. The molecule has 1 N–H and O–H groups in total. The number of carbonyl (C=O) groups is 2. The molecule has 96 valence electrons. The fraction of sp³-hybridized carbons (Fsp3) is 0.417. The van der Waals surface area contributed by atoms with Crippen LogP contribution in [-0.2, 0) is 16.1 Å². The summed E-state index contributed by atoms with van der Waals surface area (Å²) in [6.45, 7) is 2.68. The Kier molecular flexibility index (Phi) is 4.08. The Hall–Kier alpha value is -1.27. The lowest BCUT2D eigenvalue weighted by atomic mass is 10.1. The molecular formula is C12H14BrN3O2. The summed E-state index contributed by atoms with van der Waals surface area (Å²) in [5.74, 6) is -0.465. The van der Waals surface area contributed by atoms with Crippen LogP contribution < -0.4 is 5.32 Å². The predicted molar refractivity (Wildman–Crippen MR) is 69.6 cm³/mol. The van der Waals surface area contributed by atoms with E-state index in [1.54, 1.807) is 6.20 Å². The van der Waals surface area contributed by atoms with Gasteiger partial charge in [0.1, 0.15) is 0 Å². The number of piperazine rings is 1. The van der Waals surface area contributed by atoms with Gasteiger partial charge in [0, 0.05) is 17.2 Å². The second kappa shape index (κ2) is 5.58. The van der Waals surface area contributed by atoms with Crippen LogP contribution >= 0.6 is 15.9 Å². The summed E-state index contributed by atoms with van der Waals surface area (Å²) in [5, 5.41) is 2.36. The summed E-state index contributed by atoms with van der Waals surface area (Å²) in [6.07, 6.45) is 2.39. The molecule has 6 heteroatoms. The molecule has 1 aliphatic heterocycles. The van der Waals surface area contributed by atoms with Crippen molar-refractivity contribution in [3.63, 3.8) is 0 Å². The van der Waals surface area contributed by atoms with Gasteiger partial charge in [0.05, 0.1) is 18.3 Å². The van der Waals surface area contributed by atoms with Crippen molar-refractivity contribution in [3.8, 4) is 0 Å². The highest BCUT2D eigenvalue weighted by Crippen LogP contribution is 2.14. The molecule has 1 fully saturated rings. The minimum atomic E-state index is -0.256. The van der Waals surface area contributed by atoms with Crippen molar-refractivity contribution in [1.29, 1.82) is 0 Å². The standard InChI is InChI=1S/C12H14BrN3O2/c1-2-10-12(18)15-11(17)7-16(10)6-9-4-3-8(13)5-14-9/h3-5,10H,2,6-7H2,1H3,(H,15,17,18). The lowest BCUT2D eigenvalue weighted by Crippen LogP contribution is -2.57. The molecule has 0 aliphatic carbocycles. The van der Waals surface area contributed by atoms with Gasteiger partial charge in [-0.3, -0.25) is 24.8 Å². The van der Waals surface area contributed by atoms with Crippen molar-refractivity contribution in [1.82, 2.24) is 15.2 Å². The highest BCUT2D eigenvalue weighted by molar-refractivity contribution is 9.10. The molecule has 2 heterocycles. The molecule has 0 spiro atoms. The van der Waals surface area contributed by atoms with E-state index in [1.165, 1.54) is 0 Å². The highest BCUT2D eigenvalue weighted by Gasteiger charge is 2.32. The lowest BCUT2D eigenvalue weighted by molar-refractivity contribution is -0.140. The van der Waals surface area contributed by atoms with Crippen molar-refractivity contribution < 1.29 is 9.59 Å². The first-order valence-corrected chi connectivity index (χ1v) is 6.57. The van der Waals surface area contributed by atoms with E-state index in [0.29, 0.717) is 13.0 Å². The van der Waals surface area contributed by atoms with Crippen LogP contribution in [-0.4, -0.2) is 34.3 Å². The summed E-state index contributed by atoms with van der Waals surface area (Å²) in [5.41, 5.74) is 0.846. The number of imide groups is 1. The molecule has 1 aromatic rings. The quantitative estimate of drug-likeness (QED) is 0.849. The average molecular weight is 312 g/mol. The van der Waals surface area contributed by atoms with Gasteiger partial charge in [0.2, 0.25) is 11.8 Å². The van der Waals surface area contributed by atoms with Crippen LogP contribution in [0.1, 0.15) is 19.0 Å². The molecule has 0 aromatic carbocycles. The van der Waals surface area contributed by atoms with Gasteiger partial charge in [-0.2, -0.15) is 0 Å². The van der Waals surface area contributed by atoms with Gasteiger partial charge in [-0.05, 0) is 34.5 Å². The van der Waals surface area contributed by atoms with Crippen LogP contribution in [0.25, 0.3) is 0 Å². The Bertz CT molecular complexity index is 461. The second-order valence-electron chi connectivity index (χ2n) is 4.21. The molecule has 1 unspecified atom stereocenters. The fourth-order valence-electron chi connectivity index (χ4n) is 2.04. The van der Waals surface area contributed by atoms with Crippen molar-refractivity contribution >= 4 is 27.7 Å². The van der Waals surface area contributed by atoms with Crippen molar-refractivity contribution in [3.05, 3.63) is 28.5 Å². The predicted octanol–water partition coefficient (Wildman–Crippen LogP) is 1.08. The summed E-state index contributed by atoms with van der Waals surface area (Å²) in [6, 6.07) is 3.52. The number of nitrogens with one attached hydrogen (secondary N) is 1. The van der Waals surface area contributed by atoms with Gasteiger partial charge < -0.3 is 0 Å². The summed E-state index contributed by atoms with van der Waals surface area (Å²) < 4.78 is 0.908. The third kappa shape index (κ3) is 2.94. The minimum absolute atomic E-state index is 0.217. The first-order chi connectivity index (χ1) is 8.60. The average Bonchev–Trinajstić information content (AvgIpc) is 2.32. The molecule has 0 saturated carbocycles. The van der Waals surface area contributed by atoms with E-state index in [-0.39, 0.29) is 24.4 Å². The van der Waals surface area contributed by atoms with E-state index in [2.05, 4.69) is 26.2 Å². The van der Waals surface area contributed by atoms with E-state index in [0.717, 1.165) is 10.2 Å². The van der Waals surface area contributed by atoms with Gasteiger partial charge in [0.15, 0.2) is 0 Å². The maximum absolute atomic E-state index is 11.7. The van der Waals surface area contributed by atoms with Gasteiger partial charge >= 0.3 is 0 Å². The van der Waals surface area contributed by atoms with E-state index >= 15 is 0 Å². The number of halogens is 1. The van der Waals surface area contributed by atoms with Crippen LogP contribution in [0.15, 0.2) is 22.8 Å². The zero-order valence-electron chi connectivity index (χ0n) is 10.0. The van der Waals surface area contributed by atoms with Crippen molar-refractivity contribution in [2.24, 2.45) is 0 Å². The van der Waals surface area contributed by atoms with Crippen LogP contribution in [0.3, 0.4) is 0 Å². The molecule has 5 nitrogen and oxygen atoms in total. The third-order valence-corrected chi connectivity index (χ3v) is 3.36. The number of pyridine rings is 1. The molecule has 0 bridgehead atoms. The van der Waals surface area contributed by atoms with Gasteiger partial charge in [0.25, 0.3) is 0 Å². The summed E-state index contributed by atoms with van der Waals surface area (Å²) in [7, 11) is 0. The SMILES string of the molecule is CCC1C(=O)NC(=O)CN1Cc1ccc(Br)cn1. The summed E-state index contributed by atoms with van der Waals surface area (Å²) in [4.78, 5) is 29.2. The van der Waals surface area contributed by atoms with Crippen LogP contribution in [0.2, 0.25) is 0 Å². The largest absolute Gasteiger partial charge is 0.294 e. The number of aromatic nitrogens is 1. The molecule has 1 aliphatic rings. The normalized spacial score (nSPS) is 20.9. The van der Waals surface area contributed by atoms with Gasteiger partial charge in [-0.1, -0.05) is 6.92 Å². The molecule has 1 aromatic heterocycles. The Morgan fingerprint density at radius 1 is 1.50 bits per heavy atom. The number of amides is 2. The first kappa shape index (κ1) is 13.2. The highest BCUT2D eigenvalue weighted by atomic mass is 79.9. The van der Waals surface area contributed by atoms with Crippen molar-refractivity contribution in [2.75, 3.05) is 6.54 Å². The van der Waals surface area contributed by atoms with Gasteiger partial charge in [-0.15, -0.1) is 0 Å². The number of carbonyl (C=O) groups excluding carboxylic acids is 2. The van der Waals surface area contributed by atoms with E-state index in [1.807, 2.05) is 24.0 Å². The zero-order chi connectivity index (χ0) is 13.1. The summed E-state index contributed by atoms with van der Waals surface area (Å²) >= 11 is 3.32. The Labute approximate surface area is 114 Å². The first-order valence-electron chi connectivity index (χ1n) is 5.78. The van der Waals surface area contributed by atoms with E-state index < -0.39 is 0 Å². The number of rotatable bonds is 3. The monoisotopic (exact) mass is 311 g/mol. The molecule has 0 radical (unpaired) electrons. The topological polar surface area (TPSA) is 62.3 Å². The van der Waals surface area contributed by atoms with Crippen LogP contribution in [0.4, 0.5) is 0 Å². The Morgan fingerprint density at radius 3 is 2.89 bits per heavy atom. The van der Waals surface area contributed by atoms with Crippen LogP contribution in [0, 0.1) is 0 Å². The molecule has 1 saturated heterocycles. The molecule has 18 heavy (non-hydrogen) atoms. The number of nitrogens with zero attached hydrogens (tertiary/aromatic N) is 2. The molecule has 1 atom stereocenters. The third-order valence-electron chi connectivity index (χ3n) is 2.89. The Balaban J connectivity index is 2.12. The lowest BCUT2D eigenvalue weighted by Gasteiger charge is -2.32. The maximum Gasteiger partial charge on any atom is 0.243 e. The van der Waals surface area contributed by atoms with Crippen LogP contribution in [0.5, 0.6) is 0 Å². The van der Waals surface area contributed by atoms with E-state index in [9.17, 15) is 9.59 Å². The smallest absolute Gasteiger partial charge is 0.243 e. The minimum Gasteiger partial charge on any atom is -0.294 e. The zero-order valence-corrected chi connectivity index (χ0v) is 11.6. The Morgan fingerprint density at radius 2 is 2.28 bits per heavy atom. The maximum atomic E-state index is 11.7. The molecular weight excluding hydrogens is 298 g/mol. The fourth-order valence-corrected chi connectivity index (χ4v) is 2.27. The van der Waals surface area contributed by atoms with Gasteiger partial charge in [-0.25, -0.2) is 0 Å².